The highest BCUT2D eigenvalue weighted by Gasteiger charge is 2.40. The van der Waals surface area contributed by atoms with E-state index in [-0.39, 0.29) is 17.5 Å². The Hall–Kier alpha value is -0.990. The smallest absolute Gasteiger partial charge is 0.240 e. The predicted octanol–water partition coefficient (Wildman–Crippen LogP) is 0.762. The lowest BCUT2D eigenvalue weighted by atomic mass is 10.0. The van der Waals surface area contributed by atoms with Gasteiger partial charge in [0.2, 0.25) is 11.7 Å². The topological polar surface area (TPSA) is 94.3 Å². The van der Waals surface area contributed by atoms with Gasteiger partial charge in [0.1, 0.15) is 5.60 Å². The van der Waals surface area contributed by atoms with Crippen molar-refractivity contribution in [3.8, 4) is 0 Å². The van der Waals surface area contributed by atoms with E-state index in [1.54, 1.807) is 7.11 Å². The zero-order valence-electron chi connectivity index (χ0n) is 12.2. The van der Waals surface area contributed by atoms with E-state index in [1.165, 1.54) is 0 Å². The summed E-state index contributed by atoms with van der Waals surface area (Å²) in [6.45, 7) is 0.396. The molecule has 2 aliphatic rings. The van der Waals surface area contributed by atoms with Crippen molar-refractivity contribution in [2.75, 3.05) is 18.6 Å². The number of nitrogens with zero attached hydrogens (tertiary/aromatic N) is 2. The molecule has 0 radical (unpaired) electrons. The third-order valence-corrected chi connectivity index (χ3v) is 6.22. The Morgan fingerprint density at radius 2 is 2.19 bits per heavy atom. The molecule has 1 aromatic heterocycles. The molecule has 7 nitrogen and oxygen atoms in total. The number of hydrogen-bond acceptors (Lipinski definition) is 7. The summed E-state index contributed by atoms with van der Waals surface area (Å²) in [6, 6.07) is -0.0202. The first-order chi connectivity index (χ1) is 10.0. The molecular formula is C13H21N3O4S. The second kappa shape index (κ2) is 5.66. The van der Waals surface area contributed by atoms with Gasteiger partial charge < -0.3 is 14.6 Å². The van der Waals surface area contributed by atoms with E-state index in [2.05, 4.69) is 15.5 Å². The molecule has 8 heteroatoms. The fourth-order valence-corrected chi connectivity index (χ4v) is 4.87. The van der Waals surface area contributed by atoms with Gasteiger partial charge in [-0.05, 0) is 32.1 Å². The van der Waals surface area contributed by atoms with Crippen LogP contribution in [0.4, 0.5) is 0 Å². The van der Waals surface area contributed by atoms with Gasteiger partial charge in [-0.1, -0.05) is 5.16 Å². The SMILES string of the molecule is COC1(c2noc(CNC3CCS(=O)(=O)C3)n2)CCCC1. The highest BCUT2D eigenvalue weighted by molar-refractivity contribution is 7.91. The van der Waals surface area contributed by atoms with Crippen LogP contribution >= 0.6 is 0 Å². The molecule has 3 rings (SSSR count). The molecule has 2 fully saturated rings. The zero-order valence-corrected chi connectivity index (χ0v) is 13.0. The summed E-state index contributed by atoms with van der Waals surface area (Å²) < 4.78 is 33.7. The number of rotatable bonds is 5. The first-order valence-corrected chi connectivity index (χ1v) is 9.17. The monoisotopic (exact) mass is 315 g/mol. The molecule has 21 heavy (non-hydrogen) atoms. The van der Waals surface area contributed by atoms with Crippen LogP contribution in [0.3, 0.4) is 0 Å². The summed E-state index contributed by atoms with van der Waals surface area (Å²) in [5, 5.41) is 7.22. The first-order valence-electron chi connectivity index (χ1n) is 7.35. The van der Waals surface area contributed by atoms with Crippen molar-refractivity contribution in [1.29, 1.82) is 0 Å². The number of sulfone groups is 1. The average molecular weight is 315 g/mol. The van der Waals surface area contributed by atoms with E-state index < -0.39 is 15.4 Å². The second-order valence-corrected chi connectivity index (χ2v) is 8.13. The van der Waals surface area contributed by atoms with Crippen molar-refractivity contribution in [3.05, 3.63) is 11.7 Å². The maximum atomic E-state index is 11.4. The highest BCUT2D eigenvalue weighted by atomic mass is 32.2. The summed E-state index contributed by atoms with van der Waals surface area (Å²) in [4.78, 5) is 4.42. The molecule has 1 unspecified atom stereocenters. The van der Waals surface area contributed by atoms with Crippen LogP contribution in [-0.2, 0) is 26.7 Å². The summed E-state index contributed by atoms with van der Waals surface area (Å²) in [7, 11) is -1.19. The molecule has 1 atom stereocenters. The van der Waals surface area contributed by atoms with E-state index in [4.69, 9.17) is 9.26 Å². The van der Waals surface area contributed by atoms with Crippen molar-refractivity contribution >= 4 is 9.84 Å². The van der Waals surface area contributed by atoms with Gasteiger partial charge in [0, 0.05) is 13.2 Å². The third kappa shape index (κ3) is 3.12. The zero-order chi connectivity index (χ0) is 14.9. The van der Waals surface area contributed by atoms with E-state index >= 15 is 0 Å². The Labute approximate surface area is 124 Å². The summed E-state index contributed by atoms with van der Waals surface area (Å²) in [6.07, 6.45) is 4.69. The highest BCUT2D eigenvalue weighted by Crippen LogP contribution is 2.40. The van der Waals surface area contributed by atoms with Gasteiger partial charge in [-0.15, -0.1) is 0 Å². The summed E-state index contributed by atoms with van der Waals surface area (Å²) in [5.41, 5.74) is -0.404. The summed E-state index contributed by atoms with van der Waals surface area (Å²) >= 11 is 0. The third-order valence-electron chi connectivity index (χ3n) is 4.45. The molecule has 0 amide bonds. The first kappa shape index (κ1) is 14.9. The van der Waals surface area contributed by atoms with Crippen molar-refractivity contribution in [2.45, 2.75) is 50.3 Å². The fourth-order valence-electron chi connectivity index (χ4n) is 3.16. The van der Waals surface area contributed by atoms with Crippen molar-refractivity contribution in [1.82, 2.24) is 15.5 Å². The van der Waals surface area contributed by atoms with Gasteiger partial charge >= 0.3 is 0 Å². The van der Waals surface area contributed by atoms with Crippen molar-refractivity contribution in [3.63, 3.8) is 0 Å². The fraction of sp³-hybridized carbons (Fsp3) is 0.846. The van der Waals surface area contributed by atoms with Crippen LogP contribution in [0.1, 0.15) is 43.8 Å². The molecule has 118 valence electrons. The molecule has 1 aliphatic heterocycles. The number of hydrogen-bond donors (Lipinski definition) is 1. The maximum absolute atomic E-state index is 11.4. The van der Waals surface area contributed by atoms with E-state index in [1.807, 2.05) is 0 Å². The molecule has 1 N–H and O–H groups in total. The Morgan fingerprint density at radius 1 is 1.43 bits per heavy atom. The largest absolute Gasteiger partial charge is 0.370 e. The van der Waals surface area contributed by atoms with E-state index in [0.29, 0.717) is 24.7 Å². The lowest BCUT2D eigenvalue weighted by Gasteiger charge is -2.22. The lowest BCUT2D eigenvalue weighted by Crippen LogP contribution is -2.30. The van der Waals surface area contributed by atoms with Gasteiger partial charge in [0.15, 0.2) is 9.84 Å². The van der Waals surface area contributed by atoms with Crippen molar-refractivity contribution in [2.24, 2.45) is 0 Å². The van der Waals surface area contributed by atoms with Crippen molar-refractivity contribution < 1.29 is 17.7 Å². The molecule has 0 aromatic carbocycles. The molecule has 1 saturated heterocycles. The van der Waals surface area contributed by atoms with Crippen LogP contribution in [-0.4, -0.2) is 43.2 Å². The molecule has 0 bridgehead atoms. The van der Waals surface area contributed by atoms with Crippen LogP contribution in [0.5, 0.6) is 0 Å². The van der Waals surface area contributed by atoms with Gasteiger partial charge in [0.25, 0.3) is 0 Å². The number of methoxy groups -OCH3 is 1. The molecule has 0 spiro atoms. The second-order valence-electron chi connectivity index (χ2n) is 5.90. The van der Waals surface area contributed by atoms with Crippen LogP contribution < -0.4 is 5.32 Å². The van der Waals surface area contributed by atoms with Gasteiger partial charge in [-0.2, -0.15) is 4.98 Å². The molecule has 1 aliphatic carbocycles. The van der Waals surface area contributed by atoms with Crippen LogP contribution in [0, 0.1) is 0 Å². The van der Waals surface area contributed by atoms with Crippen LogP contribution in [0.2, 0.25) is 0 Å². The maximum Gasteiger partial charge on any atom is 0.240 e. The Morgan fingerprint density at radius 3 is 2.81 bits per heavy atom. The molecule has 2 heterocycles. The van der Waals surface area contributed by atoms with Gasteiger partial charge in [-0.25, -0.2) is 8.42 Å². The number of aromatic nitrogens is 2. The Balaban J connectivity index is 1.61. The lowest BCUT2D eigenvalue weighted by molar-refractivity contribution is -0.0178. The van der Waals surface area contributed by atoms with Gasteiger partial charge in [-0.3, -0.25) is 0 Å². The molecular weight excluding hydrogens is 294 g/mol. The average Bonchev–Trinajstić information content (AvgIpc) is 3.15. The minimum Gasteiger partial charge on any atom is -0.370 e. The number of nitrogens with one attached hydrogen (secondary N) is 1. The summed E-state index contributed by atoms with van der Waals surface area (Å²) in [5.74, 6) is 1.54. The Kier molecular flexibility index (Phi) is 4.02. The van der Waals surface area contributed by atoms with Crippen LogP contribution in [0.25, 0.3) is 0 Å². The van der Waals surface area contributed by atoms with E-state index in [9.17, 15) is 8.42 Å². The molecule has 1 aromatic rings. The van der Waals surface area contributed by atoms with E-state index in [0.717, 1.165) is 25.7 Å². The van der Waals surface area contributed by atoms with Crippen LogP contribution in [0.15, 0.2) is 4.52 Å². The quantitative estimate of drug-likeness (QED) is 0.857. The minimum atomic E-state index is -2.87. The number of ether oxygens (including phenoxy) is 1. The minimum absolute atomic E-state index is 0.0202. The predicted molar refractivity (Wildman–Crippen MR) is 75.4 cm³/mol. The Bertz CT molecular complexity index is 592. The van der Waals surface area contributed by atoms with Gasteiger partial charge in [0.05, 0.1) is 18.1 Å². The normalized spacial score (nSPS) is 27.2. The molecule has 1 saturated carbocycles. The standard InChI is InChI=1S/C13H21N3O4S/c1-19-13(5-2-3-6-13)12-15-11(20-16-12)8-14-10-4-7-21(17,18)9-10/h10,14H,2-9H2,1H3.